The molecule has 1 unspecified atom stereocenters. The molecule has 2 saturated heterocycles. The predicted molar refractivity (Wildman–Crippen MR) is 94.7 cm³/mol. The lowest BCUT2D eigenvalue weighted by atomic mass is 9.86. The van der Waals surface area contributed by atoms with Crippen LogP contribution in [0.15, 0.2) is 48.8 Å². The summed E-state index contributed by atoms with van der Waals surface area (Å²) in [5.41, 5.74) is 2.83. The highest BCUT2D eigenvalue weighted by atomic mass is 16.2. The summed E-state index contributed by atoms with van der Waals surface area (Å²) in [5.74, 6) is 0.190. The molecule has 1 aromatic heterocycles. The van der Waals surface area contributed by atoms with Crippen molar-refractivity contribution in [1.29, 1.82) is 5.26 Å². The highest BCUT2D eigenvalue weighted by molar-refractivity contribution is 5.96. The molecule has 1 spiro atoms. The molecule has 2 aromatic rings. The van der Waals surface area contributed by atoms with E-state index in [2.05, 4.69) is 16.0 Å². The quantitative estimate of drug-likeness (QED) is 0.867. The van der Waals surface area contributed by atoms with Crippen molar-refractivity contribution in [3.05, 3.63) is 59.9 Å². The fourth-order valence-corrected chi connectivity index (χ4v) is 4.03. The number of nitriles is 1. The third-order valence-electron chi connectivity index (χ3n) is 5.30. The van der Waals surface area contributed by atoms with E-state index >= 15 is 0 Å². The molecule has 0 N–H and O–H groups in total. The molecule has 0 bridgehead atoms. The lowest BCUT2D eigenvalue weighted by molar-refractivity contribution is -0.117. The Kier molecular flexibility index (Phi) is 3.98. The second-order valence-electron chi connectivity index (χ2n) is 7.13. The Labute approximate surface area is 147 Å². The smallest absolute Gasteiger partial charge is 0.227 e. The van der Waals surface area contributed by atoms with Crippen LogP contribution in [-0.4, -0.2) is 35.4 Å². The van der Waals surface area contributed by atoms with Crippen molar-refractivity contribution in [1.82, 2.24) is 9.88 Å². The molecule has 126 valence electrons. The lowest BCUT2D eigenvalue weighted by Crippen LogP contribution is -2.31. The number of amides is 1. The molecular formula is C20H20N4O. The van der Waals surface area contributed by atoms with Gasteiger partial charge in [-0.2, -0.15) is 5.26 Å². The number of anilines is 1. The van der Waals surface area contributed by atoms with Crippen molar-refractivity contribution in [2.75, 3.05) is 24.5 Å². The average Bonchev–Trinajstić information content (AvgIpc) is 3.18. The Bertz CT molecular complexity index is 812. The maximum Gasteiger partial charge on any atom is 0.227 e. The first kappa shape index (κ1) is 15.8. The fourth-order valence-electron chi connectivity index (χ4n) is 4.03. The van der Waals surface area contributed by atoms with Crippen LogP contribution in [0.1, 0.15) is 24.0 Å². The van der Waals surface area contributed by atoms with E-state index in [-0.39, 0.29) is 11.3 Å². The molecule has 2 fully saturated rings. The van der Waals surface area contributed by atoms with E-state index in [9.17, 15) is 4.79 Å². The van der Waals surface area contributed by atoms with Crippen molar-refractivity contribution < 1.29 is 4.79 Å². The standard InChI is InChI=1S/C20H20N4O/c21-12-16-1-3-18(4-2-16)24-15-20(11-19(24)25)7-10-23(14-20)13-17-5-8-22-9-6-17/h1-6,8-9H,7,10-11,13-15H2. The molecule has 0 saturated carbocycles. The summed E-state index contributed by atoms with van der Waals surface area (Å²) in [7, 11) is 0. The predicted octanol–water partition coefficient (Wildman–Crippen LogP) is 2.58. The van der Waals surface area contributed by atoms with Gasteiger partial charge in [-0.05, 0) is 54.9 Å². The minimum absolute atomic E-state index is 0.0536. The zero-order valence-corrected chi connectivity index (χ0v) is 14.1. The minimum Gasteiger partial charge on any atom is -0.312 e. The van der Waals surface area contributed by atoms with Crippen molar-refractivity contribution in [2.45, 2.75) is 19.4 Å². The van der Waals surface area contributed by atoms with Crippen LogP contribution in [-0.2, 0) is 11.3 Å². The number of carbonyl (C=O) groups excluding carboxylic acids is 1. The first-order chi connectivity index (χ1) is 12.2. The van der Waals surface area contributed by atoms with Gasteiger partial charge in [0.05, 0.1) is 11.6 Å². The van der Waals surface area contributed by atoms with Gasteiger partial charge in [0.15, 0.2) is 0 Å². The summed E-state index contributed by atoms with van der Waals surface area (Å²) in [5, 5.41) is 8.92. The van der Waals surface area contributed by atoms with E-state index in [1.165, 1.54) is 5.56 Å². The number of hydrogen-bond acceptors (Lipinski definition) is 4. The molecule has 3 heterocycles. The molecule has 1 atom stereocenters. The van der Waals surface area contributed by atoms with E-state index in [0.717, 1.165) is 38.3 Å². The first-order valence-corrected chi connectivity index (χ1v) is 8.59. The van der Waals surface area contributed by atoms with Crippen LogP contribution < -0.4 is 4.90 Å². The van der Waals surface area contributed by atoms with Crippen molar-refractivity contribution in [3.63, 3.8) is 0 Å². The van der Waals surface area contributed by atoms with Crippen molar-refractivity contribution >= 4 is 11.6 Å². The van der Waals surface area contributed by atoms with E-state index < -0.39 is 0 Å². The molecule has 5 nitrogen and oxygen atoms in total. The highest BCUT2D eigenvalue weighted by Crippen LogP contribution is 2.42. The number of carbonyl (C=O) groups is 1. The number of aromatic nitrogens is 1. The molecule has 2 aliphatic heterocycles. The number of benzene rings is 1. The molecule has 1 aromatic carbocycles. The monoisotopic (exact) mass is 332 g/mol. The lowest BCUT2D eigenvalue weighted by Gasteiger charge is -2.24. The van der Waals surface area contributed by atoms with Gasteiger partial charge in [-0.15, -0.1) is 0 Å². The molecule has 5 heteroatoms. The summed E-state index contributed by atoms with van der Waals surface area (Å²) in [4.78, 5) is 21.0. The van der Waals surface area contributed by atoms with Crippen molar-refractivity contribution in [3.8, 4) is 6.07 Å². The van der Waals surface area contributed by atoms with E-state index in [4.69, 9.17) is 5.26 Å². The second kappa shape index (κ2) is 6.30. The third kappa shape index (κ3) is 3.13. The van der Waals surface area contributed by atoms with Crippen LogP contribution in [0.3, 0.4) is 0 Å². The normalized spacial score (nSPS) is 23.3. The van der Waals surface area contributed by atoms with Gasteiger partial charge in [0.1, 0.15) is 0 Å². The Morgan fingerprint density at radius 3 is 2.60 bits per heavy atom. The molecular weight excluding hydrogens is 312 g/mol. The third-order valence-corrected chi connectivity index (χ3v) is 5.30. The largest absolute Gasteiger partial charge is 0.312 e. The average molecular weight is 332 g/mol. The zero-order chi connectivity index (χ0) is 17.3. The van der Waals surface area contributed by atoms with E-state index in [0.29, 0.717) is 12.0 Å². The van der Waals surface area contributed by atoms with Gasteiger partial charge in [0, 0.05) is 49.6 Å². The Balaban J connectivity index is 1.45. The number of likely N-dealkylation sites (tertiary alicyclic amines) is 1. The topological polar surface area (TPSA) is 60.2 Å². The van der Waals surface area contributed by atoms with E-state index in [1.807, 2.05) is 41.6 Å². The van der Waals surface area contributed by atoms with Crippen LogP contribution in [0, 0.1) is 16.7 Å². The van der Waals surface area contributed by atoms with Crippen molar-refractivity contribution in [2.24, 2.45) is 5.41 Å². The zero-order valence-electron chi connectivity index (χ0n) is 14.1. The Morgan fingerprint density at radius 1 is 1.12 bits per heavy atom. The van der Waals surface area contributed by atoms with Gasteiger partial charge in [0.25, 0.3) is 0 Å². The highest BCUT2D eigenvalue weighted by Gasteiger charge is 2.47. The van der Waals surface area contributed by atoms with Gasteiger partial charge in [-0.1, -0.05) is 0 Å². The van der Waals surface area contributed by atoms with Crippen LogP contribution in [0.4, 0.5) is 5.69 Å². The molecule has 0 radical (unpaired) electrons. The van der Waals surface area contributed by atoms with Crippen LogP contribution in [0.5, 0.6) is 0 Å². The van der Waals surface area contributed by atoms with Crippen LogP contribution in [0.25, 0.3) is 0 Å². The molecule has 0 aliphatic carbocycles. The SMILES string of the molecule is N#Cc1ccc(N2CC3(CCN(Cc4ccncc4)C3)CC2=O)cc1. The molecule has 2 aliphatic rings. The van der Waals surface area contributed by atoms with Gasteiger partial charge in [-0.25, -0.2) is 0 Å². The second-order valence-corrected chi connectivity index (χ2v) is 7.13. The summed E-state index contributed by atoms with van der Waals surface area (Å²) < 4.78 is 0. The summed E-state index contributed by atoms with van der Waals surface area (Å²) in [6.07, 6.45) is 5.32. The van der Waals surface area contributed by atoms with Gasteiger partial charge in [-0.3, -0.25) is 14.7 Å². The maximum atomic E-state index is 12.6. The minimum atomic E-state index is 0.0536. The number of hydrogen-bond donors (Lipinski definition) is 0. The summed E-state index contributed by atoms with van der Waals surface area (Å²) in [6, 6.07) is 13.5. The van der Waals surface area contributed by atoms with E-state index in [1.54, 1.807) is 12.1 Å². The van der Waals surface area contributed by atoms with Crippen LogP contribution >= 0.6 is 0 Å². The maximum absolute atomic E-state index is 12.6. The summed E-state index contributed by atoms with van der Waals surface area (Å²) >= 11 is 0. The fraction of sp³-hybridized carbons (Fsp3) is 0.350. The van der Waals surface area contributed by atoms with Crippen LogP contribution in [0.2, 0.25) is 0 Å². The molecule has 1 amide bonds. The molecule has 4 rings (SSSR count). The Morgan fingerprint density at radius 2 is 1.88 bits per heavy atom. The van der Waals surface area contributed by atoms with Gasteiger partial charge < -0.3 is 4.90 Å². The number of nitrogens with zero attached hydrogens (tertiary/aromatic N) is 4. The van der Waals surface area contributed by atoms with Gasteiger partial charge >= 0.3 is 0 Å². The van der Waals surface area contributed by atoms with Gasteiger partial charge in [0.2, 0.25) is 5.91 Å². The number of pyridine rings is 1. The number of rotatable bonds is 3. The summed E-state index contributed by atoms with van der Waals surface area (Å²) in [6.45, 7) is 3.66. The molecule has 25 heavy (non-hydrogen) atoms. The first-order valence-electron chi connectivity index (χ1n) is 8.59. The Hall–Kier alpha value is -2.71.